The van der Waals surface area contributed by atoms with Gasteiger partial charge in [-0.3, -0.25) is 14.7 Å². The molecule has 0 aromatic heterocycles. The number of para-hydroxylation sites is 2. The molecule has 0 aliphatic carbocycles. The highest BCUT2D eigenvalue weighted by Gasteiger charge is 2.30. The van der Waals surface area contributed by atoms with Crippen LogP contribution in [0.2, 0.25) is 0 Å². The van der Waals surface area contributed by atoms with Crippen LogP contribution in [-0.4, -0.2) is 80.1 Å². The van der Waals surface area contributed by atoms with Crippen molar-refractivity contribution < 1.29 is 9.53 Å². The Morgan fingerprint density at radius 3 is 2.90 bits per heavy atom. The summed E-state index contributed by atoms with van der Waals surface area (Å²) in [7, 11) is 0. The molecule has 1 N–H and O–H groups in total. The molecule has 29 heavy (non-hydrogen) atoms. The molecule has 3 aliphatic heterocycles. The number of nitrogens with one attached hydrogen (secondary N) is 1. The fraction of sp³-hybridized carbons (Fsp3) is 0.636. The number of hydrogen-bond acceptors (Lipinski definition) is 4. The Hall–Kier alpha value is -2.28. The van der Waals surface area contributed by atoms with E-state index >= 15 is 0 Å². The third-order valence-electron chi connectivity index (χ3n) is 6.06. The van der Waals surface area contributed by atoms with Crippen LogP contribution in [0.5, 0.6) is 5.75 Å². The van der Waals surface area contributed by atoms with E-state index in [4.69, 9.17) is 9.73 Å². The second-order valence-electron chi connectivity index (χ2n) is 8.02. The van der Waals surface area contributed by atoms with Gasteiger partial charge in [-0.1, -0.05) is 12.1 Å². The SMILES string of the molecule is CCNC(=NCCCN1C(=O)COc2ccccc21)N1CCC(N2CCCC2)C1. The number of nitrogens with zero attached hydrogens (tertiary/aromatic N) is 4. The molecule has 2 fully saturated rings. The molecule has 0 radical (unpaired) electrons. The van der Waals surface area contributed by atoms with Crippen molar-refractivity contribution in [3.05, 3.63) is 24.3 Å². The van der Waals surface area contributed by atoms with Gasteiger partial charge in [-0.15, -0.1) is 0 Å². The molecule has 7 nitrogen and oxygen atoms in total. The molecule has 158 valence electrons. The van der Waals surface area contributed by atoms with Crippen LogP contribution in [0.1, 0.15) is 32.6 Å². The lowest BCUT2D eigenvalue weighted by atomic mass is 10.2. The van der Waals surface area contributed by atoms with E-state index in [0.717, 1.165) is 43.5 Å². The number of carbonyl (C=O) groups excluding carboxylic acids is 1. The first-order valence-corrected chi connectivity index (χ1v) is 11.1. The Kier molecular flexibility index (Phi) is 6.54. The molecule has 1 unspecified atom stereocenters. The van der Waals surface area contributed by atoms with Crippen molar-refractivity contribution in [2.45, 2.75) is 38.6 Å². The monoisotopic (exact) mass is 399 g/mol. The van der Waals surface area contributed by atoms with Gasteiger partial charge in [0.25, 0.3) is 5.91 Å². The molecule has 7 heteroatoms. The van der Waals surface area contributed by atoms with E-state index < -0.39 is 0 Å². The van der Waals surface area contributed by atoms with Gasteiger partial charge in [-0.05, 0) is 57.8 Å². The van der Waals surface area contributed by atoms with Crippen LogP contribution >= 0.6 is 0 Å². The lowest BCUT2D eigenvalue weighted by molar-refractivity contribution is -0.121. The fourth-order valence-corrected chi connectivity index (χ4v) is 4.58. The number of rotatable bonds is 6. The van der Waals surface area contributed by atoms with Gasteiger partial charge in [0.1, 0.15) is 5.75 Å². The van der Waals surface area contributed by atoms with Crippen molar-refractivity contribution in [3.8, 4) is 5.75 Å². The summed E-state index contributed by atoms with van der Waals surface area (Å²) >= 11 is 0. The number of amides is 1. The molecule has 0 bridgehead atoms. The van der Waals surface area contributed by atoms with Crippen LogP contribution in [0.3, 0.4) is 0 Å². The van der Waals surface area contributed by atoms with Crippen molar-refractivity contribution in [1.29, 1.82) is 0 Å². The molecule has 0 spiro atoms. The van der Waals surface area contributed by atoms with Gasteiger partial charge < -0.3 is 19.9 Å². The van der Waals surface area contributed by atoms with Crippen molar-refractivity contribution in [3.63, 3.8) is 0 Å². The van der Waals surface area contributed by atoms with Gasteiger partial charge in [0.2, 0.25) is 0 Å². The van der Waals surface area contributed by atoms with Crippen molar-refractivity contribution >= 4 is 17.6 Å². The third kappa shape index (κ3) is 4.66. The zero-order chi connectivity index (χ0) is 20.1. The Bertz CT molecular complexity index is 732. The minimum absolute atomic E-state index is 0.0209. The van der Waals surface area contributed by atoms with Gasteiger partial charge in [0.05, 0.1) is 5.69 Å². The molecule has 1 aromatic carbocycles. The van der Waals surface area contributed by atoms with Crippen molar-refractivity contribution in [1.82, 2.24) is 15.1 Å². The average molecular weight is 400 g/mol. The summed E-state index contributed by atoms with van der Waals surface area (Å²) in [5.41, 5.74) is 0.868. The van der Waals surface area contributed by atoms with E-state index in [2.05, 4.69) is 22.0 Å². The van der Waals surface area contributed by atoms with E-state index in [-0.39, 0.29) is 12.5 Å². The van der Waals surface area contributed by atoms with E-state index in [1.165, 1.54) is 32.4 Å². The van der Waals surface area contributed by atoms with Gasteiger partial charge >= 0.3 is 0 Å². The first-order valence-electron chi connectivity index (χ1n) is 11.1. The summed E-state index contributed by atoms with van der Waals surface area (Å²) in [6.45, 7) is 9.13. The van der Waals surface area contributed by atoms with E-state index in [1.807, 2.05) is 29.2 Å². The summed E-state index contributed by atoms with van der Waals surface area (Å²) in [4.78, 5) is 24.0. The topological polar surface area (TPSA) is 60.4 Å². The predicted octanol–water partition coefficient (Wildman–Crippen LogP) is 1.94. The molecule has 1 atom stereocenters. The van der Waals surface area contributed by atoms with E-state index in [0.29, 0.717) is 19.1 Å². The summed E-state index contributed by atoms with van der Waals surface area (Å²) < 4.78 is 5.52. The summed E-state index contributed by atoms with van der Waals surface area (Å²) in [5, 5.41) is 3.46. The number of guanidine groups is 1. The summed E-state index contributed by atoms with van der Waals surface area (Å²) in [6.07, 6.45) is 4.74. The Balaban J connectivity index is 1.32. The molecule has 1 amide bonds. The molecule has 4 rings (SSSR count). The number of anilines is 1. The van der Waals surface area contributed by atoms with E-state index in [1.54, 1.807) is 0 Å². The zero-order valence-electron chi connectivity index (χ0n) is 17.5. The lowest BCUT2D eigenvalue weighted by Crippen LogP contribution is -2.43. The highest BCUT2D eigenvalue weighted by Crippen LogP contribution is 2.31. The molecule has 0 saturated carbocycles. The number of aliphatic imine (C=N–C) groups is 1. The smallest absolute Gasteiger partial charge is 0.265 e. The summed E-state index contributed by atoms with van der Waals surface area (Å²) in [6, 6.07) is 8.41. The minimum atomic E-state index is 0.0209. The maximum Gasteiger partial charge on any atom is 0.265 e. The van der Waals surface area contributed by atoms with Crippen LogP contribution in [0.25, 0.3) is 0 Å². The van der Waals surface area contributed by atoms with Crippen LogP contribution in [0, 0.1) is 0 Å². The standard InChI is InChI=1S/C22H33N5O2/c1-2-23-22(26-15-10-18(16-26)25-12-5-6-13-25)24-11-7-14-27-19-8-3-4-9-20(19)29-17-21(27)28/h3-4,8-9,18H,2,5-7,10-17H2,1H3,(H,23,24). The highest BCUT2D eigenvalue weighted by molar-refractivity contribution is 5.97. The second-order valence-corrected chi connectivity index (χ2v) is 8.02. The van der Waals surface area contributed by atoms with Crippen molar-refractivity contribution in [2.24, 2.45) is 4.99 Å². The number of likely N-dealkylation sites (tertiary alicyclic amines) is 2. The number of ether oxygens (including phenoxy) is 1. The normalized spacial score (nSPS) is 22.7. The minimum Gasteiger partial charge on any atom is -0.482 e. The summed E-state index contributed by atoms with van der Waals surface area (Å²) in [5.74, 6) is 1.82. The van der Waals surface area contributed by atoms with Gasteiger partial charge in [-0.25, -0.2) is 0 Å². The van der Waals surface area contributed by atoms with Crippen LogP contribution in [0.15, 0.2) is 29.3 Å². The van der Waals surface area contributed by atoms with Crippen LogP contribution < -0.4 is 15.0 Å². The van der Waals surface area contributed by atoms with Crippen LogP contribution in [-0.2, 0) is 4.79 Å². The second kappa shape index (κ2) is 9.48. The average Bonchev–Trinajstić information content (AvgIpc) is 3.43. The number of carbonyl (C=O) groups is 1. The van der Waals surface area contributed by atoms with Gasteiger partial charge in [-0.2, -0.15) is 0 Å². The Morgan fingerprint density at radius 1 is 1.24 bits per heavy atom. The quantitative estimate of drug-likeness (QED) is 0.450. The highest BCUT2D eigenvalue weighted by atomic mass is 16.5. The van der Waals surface area contributed by atoms with Crippen molar-refractivity contribution in [2.75, 3.05) is 57.3 Å². The fourth-order valence-electron chi connectivity index (χ4n) is 4.58. The maximum absolute atomic E-state index is 12.3. The Labute approximate surface area is 173 Å². The number of fused-ring (bicyclic) bond motifs is 1. The predicted molar refractivity (Wildman–Crippen MR) is 116 cm³/mol. The van der Waals surface area contributed by atoms with Gasteiger partial charge in [0, 0.05) is 38.8 Å². The lowest BCUT2D eigenvalue weighted by Gasteiger charge is -2.29. The molecular weight excluding hydrogens is 366 g/mol. The van der Waals surface area contributed by atoms with Crippen LogP contribution in [0.4, 0.5) is 5.69 Å². The number of hydrogen-bond donors (Lipinski definition) is 1. The maximum atomic E-state index is 12.3. The first kappa shape index (κ1) is 20.0. The molecule has 1 aromatic rings. The largest absolute Gasteiger partial charge is 0.482 e. The van der Waals surface area contributed by atoms with E-state index in [9.17, 15) is 4.79 Å². The molecule has 3 aliphatic rings. The molecular formula is C22H33N5O2. The Morgan fingerprint density at radius 2 is 2.07 bits per heavy atom. The zero-order valence-corrected chi connectivity index (χ0v) is 17.5. The van der Waals surface area contributed by atoms with Gasteiger partial charge in [0.15, 0.2) is 12.6 Å². The third-order valence-corrected chi connectivity index (χ3v) is 6.06. The molecule has 3 heterocycles. The number of benzene rings is 1. The molecule has 2 saturated heterocycles. The first-order chi connectivity index (χ1) is 14.3.